The van der Waals surface area contributed by atoms with Gasteiger partial charge in [0, 0.05) is 24.2 Å². The molecule has 2 aromatic rings. The number of sulfonamides is 1. The summed E-state index contributed by atoms with van der Waals surface area (Å²) in [6.07, 6.45) is 2.84. The zero-order chi connectivity index (χ0) is 20.5. The van der Waals surface area contributed by atoms with Crippen LogP contribution in [0.25, 0.3) is 0 Å². The lowest BCUT2D eigenvalue weighted by molar-refractivity contribution is 0.101. The Hall–Kier alpha value is -2.19. The van der Waals surface area contributed by atoms with E-state index in [1.807, 2.05) is 0 Å². The second-order valence-corrected chi connectivity index (χ2v) is 9.08. The minimum Gasteiger partial charge on any atom is -0.496 e. The molecule has 0 spiro atoms. The maximum absolute atomic E-state index is 13.2. The van der Waals surface area contributed by atoms with Crippen LogP contribution >= 0.6 is 0 Å². The first-order valence-electron chi connectivity index (χ1n) is 9.47. The number of aromatic nitrogens is 2. The molecule has 1 fully saturated rings. The molecule has 1 aromatic heterocycles. The van der Waals surface area contributed by atoms with E-state index in [0.717, 1.165) is 24.8 Å². The van der Waals surface area contributed by atoms with Crippen molar-refractivity contribution in [2.75, 3.05) is 20.2 Å². The highest BCUT2D eigenvalue weighted by atomic mass is 32.2. The van der Waals surface area contributed by atoms with Crippen LogP contribution in [0.5, 0.6) is 5.75 Å². The van der Waals surface area contributed by atoms with E-state index in [0.29, 0.717) is 42.3 Å². The Morgan fingerprint density at radius 3 is 2.46 bits per heavy atom. The van der Waals surface area contributed by atoms with Crippen LogP contribution in [-0.4, -0.2) is 48.5 Å². The van der Waals surface area contributed by atoms with Crippen molar-refractivity contribution in [1.29, 1.82) is 0 Å². The predicted molar refractivity (Wildman–Crippen MR) is 106 cm³/mol. The second kappa shape index (κ2) is 8.05. The van der Waals surface area contributed by atoms with Gasteiger partial charge in [-0.2, -0.15) is 9.40 Å². The van der Waals surface area contributed by atoms with E-state index in [9.17, 15) is 13.2 Å². The Balaban J connectivity index is 1.99. The molecule has 0 radical (unpaired) electrons. The number of carbonyl (C=O) groups excluding carboxylic acids is 1. The molecule has 0 aliphatic carbocycles. The molecule has 1 aliphatic heterocycles. The van der Waals surface area contributed by atoms with Gasteiger partial charge in [-0.15, -0.1) is 0 Å². The molecule has 0 amide bonds. The smallest absolute Gasteiger partial charge is 0.246 e. The largest absolute Gasteiger partial charge is 0.496 e. The summed E-state index contributed by atoms with van der Waals surface area (Å²) in [5.74, 6) is 0.601. The Morgan fingerprint density at radius 2 is 1.86 bits per heavy atom. The van der Waals surface area contributed by atoms with E-state index in [1.54, 1.807) is 48.1 Å². The lowest BCUT2D eigenvalue weighted by Crippen LogP contribution is -2.36. The number of rotatable bonds is 6. The molecule has 28 heavy (non-hydrogen) atoms. The molecule has 1 aromatic carbocycles. The lowest BCUT2D eigenvalue weighted by Gasteiger charge is -2.26. The maximum atomic E-state index is 13.2. The number of hydrogen-bond donors (Lipinski definition) is 0. The van der Waals surface area contributed by atoms with Crippen molar-refractivity contribution in [3.05, 3.63) is 40.7 Å². The van der Waals surface area contributed by atoms with Gasteiger partial charge in [-0.3, -0.25) is 9.48 Å². The summed E-state index contributed by atoms with van der Waals surface area (Å²) in [5, 5.41) is 4.49. The van der Waals surface area contributed by atoms with Crippen LogP contribution in [0.2, 0.25) is 0 Å². The van der Waals surface area contributed by atoms with Crippen molar-refractivity contribution < 1.29 is 17.9 Å². The van der Waals surface area contributed by atoms with Crippen molar-refractivity contribution in [3.63, 3.8) is 0 Å². The van der Waals surface area contributed by atoms with Gasteiger partial charge in [0.05, 0.1) is 25.0 Å². The molecule has 0 unspecified atom stereocenters. The van der Waals surface area contributed by atoms with Crippen LogP contribution in [0.3, 0.4) is 0 Å². The number of benzene rings is 1. The normalized spacial score (nSPS) is 15.6. The van der Waals surface area contributed by atoms with E-state index in [4.69, 9.17) is 4.74 Å². The highest BCUT2D eigenvalue weighted by Gasteiger charge is 2.31. The van der Waals surface area contributed by atoms with Crippen molar-refractivity contribution in [2.45, 2.75) is 51.5 Å². The summed E-state index contributed by atoms with van der Waals surface area (Å²) in [4.78, 5) is 12.0. The van der Waals surface area contributed by atoms with Crippen molar-refractivity contribution in [1.82, 2.24) is 14.1 Å². The van der Waals surface area contributed by atoms with Gasteiger partial charge in [-0.1, -0.05) is 6.42 Å². The summed E-state index contributed by atoms with van der Waals surface area (Å²) < 4.78 is 35.0. The molecule has 0 atom stereocenters. The first-order chi connectivity index (χ1) is 13.3. The summed E-state index contributed by atoms with van der Waals surface area (Å²) in [6, 6.07) is 5.25. The first kappa shape index (κ1) is 20.5. The molecule has 1 saturated heterocycles. The van der Waals surface area contributed by atoms with Crippen molar-refractivity contribution >= 4 is 15.8 Å². The standard InChI is InChI=1S/C20H27N3O4S/c1-14-20(28(25,26)22-10-6-5-7-11-22)15(2)23(21-14)13-18-12-17(16(3)24)8-9-19(18)27-4/h8-9,12H,5-7,10-11,13H2,1-4H3. The molecule has 0 N–H and O–H groups in total. The number of hydrogen-bond acceptors (Lipinski definition) is 5. The molecule has 0 bridgehead atoms. The van der Waals surface area contributed by atoms with Gasteiger partial charge in [0.2, 0.25) is 10.0 Å². The third-order valence-corrected chi connectivity index (χ3v) is 7.39. The topological polar surface area (TPSA) is 81.5 Å². The fourth-order valence-electron chi connectivity index (χ4n) is 3.72. The molecule has 8 heteroatoms. The maximum Gasteiger partial charge on any atom is 0.246 e. The van der Waals surface area contributed by atoms with E-state index in [2.05, 4.69) is 5.10 Å². The number of nitrogens with zero attached hydrogens (tertiary/aromatic N) is 3. The Labute approximate surface area is 166 Å². The van der Waals surface area contributed by atoms with Crippen LogP contribution in [0.1, 0.15) is 53.5 Å². The second-order valence-electron chi connectivity index (χ2n) is 7.21. The quantitative estimate of drug-likeness (QED) is 0.690. The van der Waals surface area contributed by atoms with E-state index in [-0.39, 0.29) is 10.7 Å². The number of Topliss-reactive ketones (excluding diaryl/α,β-unsaturated/α-hetero) is 1. The third kappa shape index (κ3) is 3.84. The number of ether oxygens (including phenoxy) is 1. The lowest BCUT2D eigenvalue weighted by atomic mass is 10.1. The third-order valence-electron chi connectivity index (χ3n) is 5.24. The number of aryl methyl sites for hydroxylation is 1. The number of carbonyl (C=O) groups is 1. The highest BCUT2D eigenvalue weighted by molar-refractivity contribution is 7.89. The zero-order valence-electron chi connectivity index (χ0n) is 16.9. The summed E-state index contributed by atoms with van der Waals surface area (Å²) >= 11 is 0. The van der Waals surface area contributed by atoms with Gasteiger partial charge in [0.1, 0.15) is 10.6 Å². The van der Waals surface area contributed by atoms with Crippen LogP contribution in [0, 0.1) is 13.8 Å². The van der Waals surface area contributed by atoms with Crippen molar-refractivity contribution in [3.8, 4) is 5.75 Å². The van der Waals surface area contributed by atoms with E-state index in [1.165, 1.54) is 6.92 Å². The van der Waals surface area contributed by atoms with Crippen LogP contribution in [0.15, 0.2) is 23.1 Å². The van der Waals surface area contributed by atoms with E-state index < -0.39 is 10.0 Å². The predicted octanol–water partition coefficient (Wildman–Crippen LogP) is 2.93. The Kier molecular flexibility index (Phi) is 5.90. The summed E-state index contributed by atoms with van der Waals surface area (Å²) in [7, 11) is -2.00. The van der Waals surface area contributed by atoms with Gasteiger partial charge < -0.3 is 4.74 Å². The Morgan fingerprint density at radius 1 is 1.18 bits per heavy atom. The number of methoxy groups -OCH3 is 1. The molecule has 3 rings (SSSR count). The number of ketones is 1. The monoisotopic (exact) mass is 405 g/mol. The number of piperidine rings is 1. The average Bonchev–Trinajstić information content (AvgIpc) is 2.96. The molecule has 2 heterocycles. The molecule has 0 saturated carbocycles. The van der Waals surface area contributed by atoms with Gasteiger partial charge in [-0.25, -0.2) is 8.42 Å². The summed E-state index contributed by atoms with van der Waals surface area (Å²) in [5.41, 5.74) is 2.45. The summed E-state index contributed by atoms with van der Waals surface area (Å²) in [6.45, 7) is 6.45. The minimum absolute atomic E-state index is 0.0364. The fraction of sp³-hybridized carbons (Fsp3) is 0.500. The molecular weight excluding hydrogens is 378 g/mol. The first-order valence-corrected chi connectivity index (χ1v) is 10.9. The van der Waals surface area contributed by atoms with Gasteiger partial charge in [-0.05, 0) is 51.8 Å². The molecule has 1 aliphatic rings. The SMILES string of the molecule is COc1ccc(C(C)=O)cc1Cn1nc(C)c(S(=O)(=O)N2CCCCC2)c1C. The molecule has 152 valence electrons. The van der Waals surface area contributed by atoms with Gasteiger partial charge in [0.25, 0.3) is 0 Å². The van der Waals surface area contributed by atoms with Crippen molar-refractivity contribution in [2.24, 2.45) is 0 Å². The highest BCUT2D eigenvalue weighted by Crippen LogP contribution is 2.28. The van der Waals surface area contributed by atoms with Gasteiger partial charge in [0.15, 0.2) is 5.78 Å². The Bertz CT molecular complexity index is 989. The van der Waals surface area contributed by atoms with Gasteiger partial charge >= 0.3 is 0 Å². The fourth-order valence-corrected chi connectivity index (χ4v) is 5.61. The van der Waals surface area contributed by atoms with Crippen LogP contribution in [-0.2, 0) is 16.6 Å². The minimum atomic E-state index is -3.57. The van der Waals surface area contributed by atoms with Crippen LogP contribution in [0.4, 0.5) is 0 Å². The molecule has 7 nitrogen and oxygen atoms in total. The average molecular weight is 406 g/mol. The van der Waals surface area contributed by atoms with Crippen LogP contribution < -0.4 is 4.74 Å². The zero-order valence-corrected chi connectivity index (χ0v) is 17.7. The van der Waals surface area contributed by atoms with E-state index >= 15 is 0 Å². The molecular formula is C20H27N3O4S.